The summed E-state index contributed by atoms with van der Waals surface area (Å²) < 4.78 is 15.4. The zero-order valence-electron chi connectivity index (χ0n) is 35.7. The van der Waals surface area contributed by atoms with Gasteiger partial charge in [0.25, 0.3) is 0 Å². The number of carboxylic acids is 2. The first-order valence-electron chi connectivity index (χ1n) is 21.6. The second kappa shape index (κ2) is 24.6. The molecule has 0 spiro atoms. The molecule has 0 aliphatic carbocycles. The summed E-state index contributed by atoms with van der Waals surface area (Å²) in [5.41, 5.74) is 3.74. The first-order chi connectivity index (χ1) is 30.3. The molecule has 2 aliphatic heterocycles. The number of ether oxygens (including phenoxy) is 2. The van der Waals surface area contributed by atoms with E-state index in [1.807, 2.05) is 73.2 Å². The van der Waals surface area contributed by atoms with Crippen LogP contribution in [0.3, 0.4) is 0 Å². The number of nitrogens with zero attached hydrogens (tertiary/aromatic N) is 8. The van der Waals surface area contributed by atoms with Crippen LogP contribution in [-0.2, 0) is 45.0 Å². The molecule has 334 valence electrons. The maximum Gasteiger partial charge on any atom is 0.414 e. The predicted octanol–water partition coefficient (Wildman–Crippen LogP) is 6.45. The van der Waals surface area contributed by atoms with E-state index in [-0.39, 0.29) is 0 Å². The van der Waals surface area contributed by atoms with E-state index in [1.54, 1.807) is 0 Å². The highest BCUT2D eigenvalue weighted by Crippen LogP contribution is 2.23. The first-order valence-corrected chi connectivity index (χ1v) is 23.3. The Balaban J connectivity index is 0.000000183. The Morgan fingerprint density at radius 1 is 0.645 bits per heavy atom. The van der Waals surface area contributed by atoms with Crippen LogP contribution in [-0.4, -0.2) is 139 Å². The first kappa shape index (κ1) is 46.5. The van der Waals surface area contributed by atoms with Crippen molar-refractivity contribution in [2.45, 2.75) is 77.5 Å². The average Bonchev–Trinajstić information content (AvgIpc) is 4.12. The maximum atomic E-state index is 9.10. The van der Waals surface area contributed by atoms with Gasteiger partial charge in [0.2, 0.25) is 11.9 Å². The molecule has 18 heteroatoms. The van der Waals surface area contributed by atoms with Crippen molar-refractivity contribution in [3.05, 3.63) is 81.4 Å². The third-order valence-corrected chi connectivity index (χ3v) is 12.7. The van der Waals surface area contributed by atoms with Gasteiger partial charge in [-0.15, -0.1) is 22.7 Å². The van der Waals surface area contributed by atoms with Gasteiger partial charge in [-0.1, -0.05) is 12.1 Å². The standard InChI is InChI=1S/2C21H29N5OS.C2H2O4/c2*1-2-27-15-14-26-20-19(6-3-10-22-20)24-21(26)23-17-7-11-25(12-8-17)13-9-18-5-4-16-28-18;3-1(4)2(5)6/h2*3-6,10,16-17H,2,7-9,11-15H2,1H3,(H,23,24);(H,3,4)(H,5,6). The Labute approximate surface area is 370 Å². The molecule has 0 bridgehead atoms. The zero-order chi connectivity index (χ0) is 43.5. The van der Waals surface area contributed by atoms with Crippen molar-refractivity contribution in [2.24, 2.45) is 0 Å². The third-order valence-electron chi connectivity index (χ3n) is 10.9. The van der Waals surface area contributed by atoms with Crippen LogP contribution in [0.4, 0.5) is 11.9 Å². The topological polar surface area (TPSA) is 185 Å². The molecule has 2 saturated heterocycles. The molecule has 0 atom stereocenters. The summed E-state index contributed by atoms with van der Waals surface area (Å²) in [6, 6.07) is 17.6. The number of aliphatic carboxylic acids is 2. The van der Waals surface area contributed by atoms with Crippen LogP contribution in [0.1, 0.15) is 49.3 Å². The summed E-state index contributed by atoms with van der Waals surface area (Å²) >= 11 is 3.72. The Hall–Kier alpha value is -4.98. The van der Waals surface area contributed by atoms with E-state index in [9.17, 15) is 0 Å². The lowest BCUT2D eigenvalue weighted by molar-refractivity contribution is -0.159. The van der Waals surface area contributed by atoms with Gasteiger partial charge >= 0.3 is 11.9 Å². The highest BCUT2D eigenvalue weighted by Gasteiger charge is 2.23. The molecule has 0 unspecified atom stereocenters. The van der Waals surface area contributed by atoms with E-state index in [0.717, 1.165) is 138 Å². The van der Waals surface area contributed by atoms with Gasteiger partial charge in [0, 0.05) is 86.7 Å². The smallest absolute Gasteiger partial charge is 0.414 e. The number of aromatic nitrogens is 6. The fourth-order valence-electron chi connectivity index (χ4n) is 7.57. The summed E-state index contributed by atoms with van der Waals surface area (Å²) in [4.78, 5) is 45.0. The summed E-state index contributed by atoms with van der Waals surface area (Å²) in [6.45, 7) is 15.3. The molecule has 8 rings (SSSR count). The van der Waals surface area contributed by atoms with Gasteiger partial charge in [-0.3, -0.25) is 9.13 Å². The number of pyridine rings is 2. The van der Waals surface area contributed by atoms with Crippen LogP contribution in [0.25, 0.3) is 22.3 Å². The molecule has 2 fully saturated rings. The molecule has 6 aromatic rings. The second-order valence-corrected chi connectivity index (χ2v) is 17.1. The second-order valence-electron chi connectivity index (χ2n) is 15.0. The van der Waals surface area contributed by atoms with Crippen molar-refractivity contribution in [3.63, 3.8) is 0 Å². The molecule has 6 aromatic heterocycles. The largest absolute Gasteiger partial charge is 0.473 e. The monoisotopic (exact) mass is 888 g/mol. The van der Waals surface area contributed by atoms with E-state index in [2.05, 4.69) is 74.6 Å². The number of fused-ring (bicyclic) bond motifs is 2. The van der Waals surface area contributed by atoms with E-state index < -0.39 is 11.9 Å². The van der Waals surface area contributed by atoms with Crippen LogP contribution >= 0.6 is 22.7 Å². The molecule has 0 saturated carbocycles. The zero-order valence-corrected chi connectivity index (χ0v) is 37.4. The van der Waals surface area contributed by atoms with E-state index in [4.69, 9.17) is 39.2 Å². The van der Waals surface area contributed by atoms with Gasteiger partial charge in [0.05, 0.1) is 26.3 Å². The Morgan fingerprint density at radius 3 is 1.42 bits per heavy atom. The van der Waals surface area contributed by atoms with Gasteiger partial charge in [-0.2, -0.15) is 0 Å². The van der Waals surface area contributed by atoms with Gasteiger partial charge in [-0.25, -0.2) is 29.5 Å². The molecule has 0 aromatic carbocycles. The Bertz CT molecular complexity index is 2060. The Morgan fingerprint density at radius 2 is 1.06 bits per heavy atom. The number of piperidine rings is 2. The van der Waals surface area contributed by atoms with Crippen LogP contribution in [0.15, 0.2) is 71.7 Å². The SMILES string of the molecule is CCOCCn1c(NC2CCN(CCc3cccs3)CC2)nc2cccnc21.CCOCCn1c(NC2CCN(CCc3cccs3)CC2)nc2cccnc21.O=C(O)C(=O)O. The minimum absolute atomic E-state index is 0.459. The molecule has 4 N–H and O–H groups in total. The minimum Gasteiger partial charge on any atom is -0.473 e. The Kier molecular flexibility index (Phi) is 18.5. The molecule has 8 heterocycles. The maximum absolute atomic E-state index is 9.10. The predicted molar refractivity (Wildman–Crippen MR) is 246 cm³/mol. The number of imidazole rings is 2. The summed E-state index contributed by atoms with van der Waals surface area (Å²) in [5, 5.41) is 26.5. The minimum atomic E-state index is -1.82. The number of carboxylic acid groups (broad SMARTS) is 2. The lowest BCUT2D eigenvalue weighted by atomic mass is 10.1. The van der Waals surface area contributed by atoms with Gasteiger partial charge in [0.15, 0.2) is 11.3 Å². The number of hydrogen-bond donors (Lipinski definition) is 4. The molecular formula is C44H60N10O6S2. The normalized spacial score (nSPS) is 15.2. The average molecular weight is 889 g/mol. The number of carbonyl (C=O) groups is 2. The van der Waals surface area contributed by atoms with E-state index in [1.165, 1.54) is 9.75 Å². The quantitative estimate of drug-likeness (QED) is 0.0545. The van der Waals surface area contributed by atoms with Crippen molar-refractivity contribution in [1.29, 1.82) is 0 Å². The van der Waals surface area contributed by atoms with Crippen molar-refractivity contribution in [2.75, 3.05) is 76.3 Å². The van der Waals surface area contributed by atoms with Crippen molar-refractivity contribution < 1.29 is 29.3 Å². The highest BCUT2D eigenvalue weighted by molar-refractivity contribution is 7.10. The van der Waals surface area contributed by atoms with Crippen LogP contribution in [0.2, 0.25) is 0 Å². The van der Waals surface area contributed by atoms with Crippen molar-refractivity contribution in [1.82, 2.24) is 38.9 Å². The molecule has 0 radical (unpaired) electrons. The number of anilines is 2. The number of thiophene rings is 2. The fourth-order valence-corrected chi connectivity index (χ4v) is 8.97. The highest BCUT2D eigenvalue weighted by atomic mass is 32.1. The van der Waals surface area contributed by atoms with E-state index >= 15 is 0 Å². The lowest BCUT2D eigenvalue weighted by Gasteiger charge is -2.32. The summed E-state index contributed by atoms with van der Waals surface area (Å²) in [6.07, 6.45) is 10.6. The molecular weight excluding hydrogens is 829 g/mol. The van der Waals surface area contributed by atoms with E-state index in [0.29, 0.717) is 25.3 Å². The van der Waals surface area contributed by atoms with Crippen LogP contribution in [0.5, 0.6) is 0 Å². The number of rotatable bonds is 18. The molecule has 16 nitrogen and oxygen atoms in total. The molecule has 0 amide bonds. The van der Waals surface area contributed by atoms with Gasteiger partial charge in [-0.05, 0) is 99.5 Å². The third kappa shape index (κ3) is 14.0. The molecule has 62 heavy (non-hydrogen) atoms. The van der Waals surface area contributed by atoms with Crippen molar-refractivity contribution in [3.8, 4) is 0 Å². The fraction of sp³-hybridized carbons (Fsp3) is 0.500. The van der Waals surface area contributed by atoms with Crippen LogP contribution in [0, 0.1) is 0 Å². The number of likely N-dealkylation sites (tertiary alicyclic amines) is 2. The van der Waals surface area contributed by atoms with Gasteiger partial charge < -0.3 is 40.1 Å². The van der Waals surface area contributed by atoms with Crippen molar-refractivity contribution >= 4 is 68.8 Å². The number of hydrogen-bond acceptors (Lipinski definition) is 14. The molecule has 2 aliphatic rings. The van der Waals surface area contributed by atoms with Crippen LogP contribution < -0.4 is 10.6 Å². The lowest BCUT2D eigenvalue weighted by Crippen LogP contribution is -2.40. The van der Waals surface area contributed by atoms with Gasteiger partial charge in [0.1, 0.15) is 11.0 Å². The summed E-state index contributed by atoms with van der Waals surface area (Å²) in [5.74, 6) is -1.80. The summed E-state index contributed by atoms with van der Waals surface area (Å²) in [7, 11) is 0. The number of nitrogens with one attached hydrogen (secondary N) is 2.